The molecule has 1 aromatic carbocycles. The summed E-state index contributed by atoms with van der Waals surface area (Å²) in [6.45, 7) is 11.9. The molecule has 0 aliphatic rings. The maximum absolute atomic E-state index is 11.9. The third kappa shape index (κ3) is 23.5. The molecule has 234 valence electrons. The Morgan fingerprint density at radius 3 is 1.10 bits per heavy atom. The lowest BCUT2D eigenvalue weighted by Gasteiger charge is -2.09. The van der Waals surface area contributed by atoms with E-state index in [2.05, 4.69) is 0 Å². The van der Waals surface area contributed by atoms with Crippen LogP contribution in [-0.4, -0.2) is 133 Å². The molecule has 0 aliphatic carbocycles. The summed E-state index contributed by atoms with van der Waals surface area (Å²) in [5, 5.41) is 0. The average Bonchev–Trinajstić information content (AvgIpc) is 2.94. The zero-order chi connectivity index (χ0) is 29.0. The van der Waals surface area contributed by atoms with Gasteiger partial charge in [0, 0.05) is 0 Å². The number of ether oxygens (including phenoxy) is 9. The van der Waals surface area contributed by atoms with Gasteiger partial charge in [0.15, 0.2) is 0 Å². The summed E-state index contributed by atoms with van der Waals surface area (Å²) < 4.78 is 77.5. The first kappa shape index (κ1) is 36.8. The van der Waals surface area contributed by atoms with E-state index in [1.165, 1.54) is 12.1 Å². The van der Waals surface area contributed by atoms with Gasteiger partial charge in [0.25, 0.3) is 10.1 Å². The third-order valence-corrected chi connectivity index (χ3v) is 6.11. The van der Waals surface area contributed by atoms with Crippen LogP contribution >= 0.6 is 0 Å². The van der Waals surface area contributed by atoms with Crippen molar-refractivity contribution in [1.82, 2.24) is 0 Å². The van der Waals surface area contributed by atoms with Gasteiger partial charge in [0.2, 0.25) is 0 Å². The van der Waals surface area contributed by atoms with E-state index in [-0.39, 0.29) is 24.2 Å². The van der Waals surface area contributed by atoms with E-state index in [9.17, 15) is 8.42 Å². The van der Waals surface area contributed by atoms with Crippen molar-refractivity contribution in [2.24, 2.45) is 0 Å². The van der Waals surface area contributed by atoms with Crippen LogP contribution in [0.3, 0.4) is 0 Å². The molecule has 0 amide bonds. The van der Waals surface area contributed by atoms with E-state index in [1.807, 2.05) is 13.8 Å². The molecule has 13 heteroatoms. The molecule has 0 aliphatic heterocycles. The fourth-order valence-electron chi connectivity index (χ4n) is 2.84. The number of hydrogen-bond donors (Lipinski definition) is 0. The van der Waals surface area contributed by atoms with Crippen LogP contribution in [0, 0.1) is 0 Å². The van der Waals surface area contributed by atoms with E-state index in [0.717, 1.165) is 0 Å². The largest absolute Gasteiger partial charge is 0.377 e. The van der Waals surface area contributed by atoms with Crippen LogP contribution in [0.4, 0.5) is 0 Å². The molecule has 12 nitrogen and oxygen atoms in total. The quantitative estimate of drug-likeness (QED) is 0.0952. The van der Waals surface area contributed by atoms with Crippen molar-refractivity contribution in [2.45, 2.75) is 24.8 Å². The SMILES string of the molecule is CC(C)OCCOCCOCCOCCOCCOCCOCCOCCOCCOS(=O)(=O)c1ccccc1. The Bertz CT molecular complexity index is 764. The number of rotatable bonds is 30. The topological polar surface area (TPSA) is 126 Å². The van der Waals surface area contributed by atoms with Crippen LogP contribution in [-0.2, 0) is 56.9 Å². The van der Waals surface area contributed by atoms with E-state index in [4.69, 9.17) is 46.8 Å². The van der Waals surface area contributed by atoms with Crippen molar-refractivity contribution in [3.63, 3.8) is 0 Å². The predicted molar refractivity (Wildman–Crippen MR) is 147 cm³/mol. The highest BCUT2D eigenvalue weighted by molar-refractivity contribution is 7.86. The van der Waals surface area contributed by atoms with Crippen LogP contribution in [0.1, 0.15) is 13.8 Å². The molecule has 0 atom stereocenters. The van der Waals surface area contributed by atoms with Gasteiger partial charge in [-0.2, -0.15) is 8.42 Å². The maximum atomic E-state index is 11.9. The lowest BCUT2D eigenvalue weighted by atomic mass is 10.4. The van der Waals surface area contributed by atoms with Crippen LogP contribution < -0.4 is 0 Å². The molecule has 0 heterocycles. The van der Waals surface area contributed by atoms with Crippen molar-refractivity contribution < 1.29 is 55.2 Å². The van der Waals surface area contributed by atoms with Crippen LogP contribution in [0.5, 0.6) is 0 Å². The van der Waals surface area contributed by atoms with Gasteiger partial charge in [-0.25, -0.2) is 0 Å². The molecular weight excluding hydrogens is 548 g/mol. The van der Waals surface area contributed by atoms with Crippen molar-refractivity contribution in [3.05, 3.63) is 30.3 Å². The normalized spacial score (nSPS) is 12.0. The molecule has 1 rings (SSSR count). The van der Waals surface area contributed by atoms with Gasteiger partial charge in [0.05, 0.1) is 130 Å². The lowest BCUT2D eigenvalue weighted by Crippen LogP contribution is -2.15. The molecule has 0 saturated carbocycles. The monoisotopic (exact) mass is 596 g/mol. The number of benzene rings is 1. The highest BCUT2D eigenvalue weighted by atomic mass is 32.2. The smallest absolute Gasteiger partial charge is 0.297 e. The van der Waals surface area contributed by atoms with Crippen LogP contribution in [0.2, 0.25) is 0 Å². The van der Waals surface area contributed by atoms with Crippen molar-refractivity contribution in [3.8, 4) is 0 Å². The molecule has 0 unspecified atom stereocenters. The summed E-state index contributed by atoms with van der Waals surface area (Å²) in [6, 6.07) is 7.98. The van der Waals surface area contributed by atoms with Gasteiger partial charge in [-0.05, 0) is 26.0 Å². The van der Waals surface area contributed by atoms with Crippen LogP contribution in [0.15, 0.2) is 35.2 Å². The third-order valence-electron chi connectivity index (χ3n) is 4.78. The molecule has 0 fully saturated rings. The molecule has 0 saturated heterocycles. The Morgan fingerprint density at radius 1 is 0.475 bits per heavy atom. The Hall–Kier alpha value is -1.23. The maximum Gasteiger partial charge on any atom is 0.297 e. The van der Waals surface area contributed by atoms with Gasteiger partial charge in [-0.15, -0.1) is 0 Å². The Labute approximate surface area is 239 Å². The summed E-state index contributed by atoms with van der Waals surface area (Å²) in [4.78, 5) is 0.123. The summed E-state index contributed by atoms with van der Waals surface area (Å²) in [7, 11) is -3.75. The highest BCUT2D eigenvalue weighted by Gasteiger charge is 2.13. The van der Waals surface area contributed by atoms with E-state index in [1.54, 1.807) is 18.2 Å². The Morgan fingerprint density at radius 2 is 0.775 bits per heavy atom. The summed E-state index contributed by atoms with van der Waals surface area (Å²) in [5.41, 5.74) is 0. The first-order chi connectivity index (χ1) is 19.5. The molecule has 0 aromatic heterocycles. The van der Waals surface area contributed by atoms with Crippen molar-refractivity contribution in [1.29, 1.82) is 0 Å². The Balaban J connectivity index is 1.69. The molecule has 0 spiro atoms. The molecular formula is C27H48O12S. The fourth-order valence-corrected chi connectivity index (χ4v) is 3.76. The zero-order valence-corrected chi connectivity index (χ0v) is 24.8. The van der Waals surface area contributed by atoms with E-state index >= 15 is 0 Å². The molecule has 0 radical (unpaired) electrons. The molecule has 1 aromatic rings. The van der Waals surface area contributed by atoms with Gasteiger partial charge >= 0.3 is 0 Å². The minimum atomic E-state index is -3.75. The van der Waals surface area contributed by atoms with Crippen molar-refractivity contribution in [2.75, 3.05) is 119 Å². The molecule has 0 bridgehead atoms. The summed E-state index contributed by atoms with van der Waals surface area (Å²) >= 11 is 0. The minimum absolute atomic E-state index is 0.0542. The highest BCUT2D eigenvalue weighted by Crippen LogP contribution is 2.10. The zero-order valence-electron chi connectivity index (χ0n) is 24.0. The van der Waals surface area contributed by atoms with E-state index < -0.39 is 10.1 Å². The second-order valence-corrected chi connectivity index (χ2v) is 10.0. The van der Waals surface area contributed by atoms with Crippen molar-refractivity contribution >= 4 is 10.1 Å². The van der Waals surface area contributed by atoms with Crippen LogP contribution in [0.25, 0.3) is 0 Å². The average molecular weight is 597 g/mol. The van der Waals surface area contributed by atoms with Gasteiger partial charge < -0.3 is 42.6 Å². The molecule has 0 N–H and O–H groups in total. The van der Waals surface area contributed by atoms with E-state index in [0.29, 0.717) is 106 Å². The number of hydrogen-bond acceptors (Lipinski definition) is 12. The second-order valence-electron chi connectivity index (χ2n) is 8.41. The summed E-state index contributed by atoms with van der Waals surface area (Å²) in [5.74, 6) is 0. The second kappa shape index (κ2) is 26.7. The molecule has 40 heavy (non-hydrogen) atoms. The Kier molecular flexibility index (Phi) is 24.5. The first-order valence-electron chi connectivity index (χ1n) is 13.7. The lowest BCUT2D eigenvalue weighted by molar-refractivity contribution is -0.0271. The van der Waals surface area contributed by atoms with Gasteiger partial charge in [0.1, 0.15) is 0 Å². The fraction of sp³-hybridized carbons (Fsp3) is 0.778. The van der Waals surface area contributed by atoms with Gasteiger partial charge in [-0.1, -0.05) is 18.2 Å². The minimum Gasteiger partial charge on any atom is -0.377 e. The standard InChI is InChI=1S/C27H48O12S/c1-26(2)38-24-22-36-20-18-34-16-14-32-12-10-30-8-9-31-11-13-33-15-17-35-19-21-37-23-25-39-40(28,29)27-6-4-3-5-7-27/h3-7,26H,8-25H2,1-2H3. The first-order valence-corrected chi connectivity index (χ1v) is 15.1. The predicted octanol–water partition coefficient (Wildman–Crippen LogP) is 1.95. The summed E-state index contributed by atoms with van der Waals surface area (Å²) in [6.07, 6.45) is 0.224. The van der Waals surface area contributed by atoms with Gasteiger partial charge in [-0.3, -0.25) is 4.18 Å².